The number of benzene rings is 2. The van der Waals surface area contributed by atoms with Crippen LogP contribution < -0.4 is 20.5 Å². The van der Waals surface area contributed by atoms with E-state index in [9.17, 15) is 9.59 Å². The van der Waals surface area contributed by atoms with Gasteiger partial charge < -0.3 is 19.9 Å². The van der Waals surface area contributed by atoms with Crippen molar-refractivity contribution >= 4 is 50.3 Å². The number of hydrogen-bond acceptors (Lipinski definition) is 11. The Morgan fingerprint density at radius 3 is 2.46 bits per heavy atom. The van der Waals surface area contributed by atoms with E-state index in [-0.39, 0.29) is 17.3 Å². The molecule has 0 fully saturated rings. The molecular formula is C27H24FN7O5S. The van der Waals surface area contributed by atoms with Gasteiger partial charge in [-0.15, -0.1) is 11.3 Å². The second-order valence-electron chi connectivity index (χ2n) is 9.08. The van der Waals surface area contributed by atoms with Crippen LogP contribution in [0.2, 0.25) is 0 Å². The van der Waals surface area contributed by atoms with Crippen LogP contribution in [0.3, 0.4) is 0 Å². The van der Waals surface area contributed by atoms with Gasteiger partial charge in [0.25, 0.3) is 5.91 Å². The highest BCUT2D eigenvalue weighted by atomic mass is 32.1. The van der Waals surface area contributed by atoms with Crippen LogP contribution in [-0.4, -0.2) is 56.2 Å². The molecule has 5 rings (SSSR count). The third-order valence-corrected chi connectivity index (χ3v) is 7.09. The minimum Gasteiger partial charge on any atom is -0.484 e. The molecule has 41 heavy (non-hydrogen) atoms. The smallest absolute Gasteiger partial charge is 0.412 e. The number of halogens is 1. The van der Waals surface area contributed by atoms with E-state index < -0.39 is 30.0 Å². The molecule has 0 aliphatic carbocycles. The van der Waals surface area contributed by atoms with Crippen LogP contribution in [0.5, 0.6) is 11.6 Å². The van der Waals surface area contributed by atoms with E-state index in [2.05, 4.69) is 30.2 Å². The number of aryl methyl sites for hydroxylation is 1. The Labute approximate surface area is 236 Å². The summed E-state index contributed by atoms with van der Waals surface area (Å²) in [5.41, 5.74) is 8.82. The number of primary amides is 1. The van der Waals surface area contributed by atoms with Gasteiger partial charge in [0.1, 0.15) is 17.2 Å². The van der Waals surface area contributed by atoms with E-state index in [1.807, 2.05) is 19.1 Å². The molecule has 0 aliphatic rings. The van der Waals surface area contributed by atoms with Gasteiger partial charge in [0.2, 0.25) is 11.7 Å². The van der Waals surface area contributed by atoms with Gasteiger partial charge in [0.05, 0.1) is 52.6 Å². The highest BCUT2D eigenvalue weighted by Crippen LogP contribution is 2.37. The Kier molecular flexibility index (Phi) is 7.57. The molecule has 5 aromatic rings. The zero-order valence-corrected chi connectivity index (χ0v) is 23.2. The average molecular weight is 578 g/mol. The molecule has 0 saturated heterocycles. The summed E-state index contributed by atoms with van der Waals surface area (Å²) in [6.45, 7) is 5.20. The molecule has 14 heteroatoms. The first-order valence-electron chi connectivity index (χ1n) is 12.3. The number of aromatic nitrogens is 5. The fourth-order valence-electron chi connectivity index (χ4n) is 3.87. The van der Waals surface area contributed by atoms with Crippen LogP contribution in [0.1, 0.15) is 30.0 Å². The van der Waals surface area contributed by atoms with E-state index in [1.54, 1.807) is 26.1 Å². The summed E-state index contributed by atoms with van der Waals surface area (Å²) in [6, 6.07) is 6.74. The van der Waals surface area contributed by atoms with Gasteiger partial charge in [-0.25, -0.2) is 34.1 Å². The van der Waals surface area contributed by atoms with Crippen molar-refractivity contribution in [3.8, 4) is 22.2 Å². The monoisotopic (exact) mass is 577 g/mol. The second kappa shape index (κ2) is 11.3. The van der Waals surface area contributed by atoms with E-state index in [0.29, 0.717) is 32.1 Å². The van der Waals surface area contributed by atoms with Crippen molar-refractivity contribution < 1.29 is 28.2 Å². The Hall–Kier alpha value is -4.98. The summed E-state index contributed by atoms with van der Waals surface area (Å²) in [5.74, 6) is -1.20. The lowest BCUT2D eigenvalue weighted by Crippen LogP contribution is -2.32. The van der Waals surface area contributed by atoms with Crippen LogP contribution in [0, 0.1) is 12.7 Å². The number of methoxy groups -OCH3 is 1. The standard InChI is InChI=1S/C27H24FN7O5S/c1-12-5-16(23-19(6-12)34-22(38-4)11-30-23)26-35-18-7-17(28)20(8-21(18)41-26)39-13(2)14(3)40-27(37)33-15-9-31-25(24(29)36)32-10-15/h5-11,13-14H,1-4H3,(H2,29,36)(H,33,37)/t13-,14+/m0/s1. The third kappa shape index (κ3) is 5.96. The summed E-state index contributed by atoms with van der Waals surface area (Å²) in [4.78, 5) is 44.5. The van der Waals surface area contributed by atoms with Gasteiger partial charge in [0, 0.05) is 17.7 Å². The lowest BCUT2D eigenvalue weighted by molar-refractivity contribution is 0.0402. The van der Waals surface area contributed by atoms with Crippen LogP contribution in [0.15, 0.2) is 42.9 Å². The first-order chi connectivity index (χ1) is 19.6. The zero-order valence-electron chi connectivity index (χ0n) is 22.3. The van der Waals surface area contributed by atoms with Crippen molar-refractivity contribution in [2.45, 2.75) is 33.0 Å². The van der Waals surface area contributed by atoms with Crippen molar-refractivity contribution in [3.63, 3.8) is 0 Å². The lowest BCUT2D eigenvalue weighted by atomic mass is 10.1. The zero-order chi connectivity index (χ0) is 29.3. The van der Waals surface area contributed by atoms with Gasteiger partial charge in [-0.1, -0.05) is 0 Å². The van der Waals surface area contributed by atoms with Crippen molar-refractivity contribution in [2.24, 2.45) is 5.73 Å². The quantitative estimate of drug-likeness (QED) is 0.265. The summed E-state index contributed by atoms with van der Waals surface area (Å²) >= 11 is 1.36. The topological polar surface area (TPSA) is 164 Å². The number of rotatable bonds is 8. The van der Waals surface area contributed by atoms with Gasteiger partial charge in [-0.05, 0) is 38.5 Å². The molecule has 0 unspecified atom stereocenters. The summed E-state index contributed by atoms with van der Waals surface area (Å²) in [7, 11) is 1.53. The number of carbonyl (C=O) groups excluding carboxylic acids is 2. The van der Waals surface area contributed by atoms with Gasteiger partial charge >= 0.3 is 6.09 Å². The molecule has 210 valence electrons. The predicted molar refractivity (Wildman–Crippen MR) is 150 cm³/mol. The molecule has 2 atom stereocenters. The summed E-state index contributed by atoms with van der Waals surface area (Å²) < 4.78 is 32.1. The second-order valence-corrected chi connectivity index (χ2v) is 10.1. The number of amides is 2. The molecule has 0 saturated carbocycles. The van der Waals surface area contributed by atoms with E-state index >= 15 is 4.39 Å². The van der Waals surface area contributed by atoms with Gasteiger partial charge in [-0.2, -0.15) is 0 Å². The number of hydrogen-bond donors (Lipinski definition) is 2. The Morgan fingerprint density at radius 2 is 1.76 bits per heavy atom. The van der Waals surface area contributed by atoms with Crippen LogP contribution in [0.4, 0.5) is 14.9 Å². The van der Waals surface area contributed by atoms with E-state index in [0.717, 1.165) is 11.1 Å². The maximum atomic E-state index is 15.0. The molecule has 3 heterocycles. The lowest BCUT2D eigenvalue weighted by Gasteiger charge is -2.22. The SMILES string of the molecule is COc1cnc2c(-c3nc4cc(F)c(O[C@@H](C)[C@@H](C)OC(=O)Nc5cnc(C(N)=O)nc5)cc4s3)cc(C)cc2n1. The maximum absolute atomic E-state index is 15.0. The molecule has 0 spiro atoms. The fourth-order valence-corrected chi connectivity index (χ4v) is 4.87. The first-order valence-corrected chi connectivity index (χ1v) is 13.1. The van der Waals surface area contributed by atoms with E-state index in [1.165, 1.54) is 36.9 Å². The molecule has 3 N–H and O–H groups in total. The van der Waals surface area contributed by atoms with Crippen molar-refractivity contribution in [3.05, 3.63) is 60.1 Å². The Bertz CT molecular complexity index is 1780. The normalized spacial score (nSPS) is 12.6. The molecule has 12 nitrogen and oxygen atoms in total. The Morgan fingerprint density at radius 1 is 1.00 bits per heavy atom. The third-order valence-electron chi connectivity index (χ3n) is 6.04. The molecule has 0 bridgehead atoms. The first kappa shape index (κ1) is 27.6. The van der Waals surface area contributed by atoms with Gasteiger partial charge in [0.15, 0.2) is 11.6 Å². The van der Waals surface area contributed by atoms with Crippen LogP contribution >= 0.6 is 11.3 Å². The number of thiazole rings is 1. The molecular weight excluding hydrogens is 553 g/mol. The largest absolute Gasteiger partial charge is 0.484 e. The number of nitrogens with one attached hydrogen (secondary N) is 1. The van der Waals surface area contributed by atoms with Crippen molar-refractivity contribution in [1.82, 2.24) is 24.9 Å². The molecule has 0 radical (unpaired) electrons. The van der Waals surface area contributed by atoms with Gasteiger partial charge in [-0.3, -0.25) is 10.1 Å². The average Bonchev–Trinajstić information content (AvgIpc) is 3.34. The number of carbonyl (C=O) groups is 2. The number of nitrogens with zero attached hydrogens (tertiary/aromatic N) is 5. The Balaban J connectivity index is 1.31. The van der Waals surface area contributed by atoms with Crippen molar-refractivity contribution in [1.29, 1.82) is 0 Å². The highest BCUT2D eigenvalue weighted by Gasteiger charge is 2.22. The minimum absolute atomic E-state index is 0.00914. The molecule has 2 amide bonds. The number of ether oxygens (including phenoxy) is 3. The number of nitrogens with two attached hydrogens (primary N) is 1. The fraction of sp³-hybridized carbons (Fsp3) is 0.222. The van der Waals surface area contributed by atoms with E-state index in [4.69, 9.17) is 19.9 Å². The minimum atomic E-state index is -0.808. The summed E-state index contributed by atoms with van der Waals surface area (Å²) in [6.07, 6.45) is 1.70. The van der Waals surface area contributed by atoms with Crippen LogP contribution in [-0.2, 0) is 4.74 Å². The number of anilines is 1. The summed E-state index contributed by atoms with van der Waals surface area (Å²) in [5, 5.41) is 3.10. The molecule has 3 aromatic heterocycles. The maximum Gasteiger partial charge on any atom is 0.412 e. The molecule has 2 aromatic carbocycles. The predicted octanol–water partition coefficient (Wildman–Crippen LogP) is 4.66. The van der Waals surface area contributed by atoms with Crippen molar-refractivity contribution in [2.75, 3.05) is 12.4 Å². The molecule has 0 aliphatic heterocycles. The highest BCUT2D eigenvalue weighted by molar-refractivity contribution is 7.21. The van der Waals surface area contributed by atoms with Crippen LogP contribution in [0.25, 0.3) is 31.8 Å². The number of fused-ring (bicyclic) bond motifs is 2.